The molecule has 1 aliphatic carbocycles. The van der Waals surface area contributed by atoms with Crippen molar-refractivity contribution in [3.63, 3.8) is 0 Å². The number of benzene rings is 1. The molecule has 1 amide bonds. The van der Waals surface area contributed by atoms with E-state index in [0.717, 1.165) is 38.8 Å². The van der Waals surface area contributed by atoms with Crippen LogP contribution in [0.1, 0.15) is 50.2 Å². The number of carboxylic acids is 1. The molecule has 142 valence electrons. The fourth-order valence-electron chi connectivity index (χ4n) is 4.38. The number of fused-ring (bicyclic) bond motifs is 1. The summed E-state index contributed by atoms with van der Waals surface area (Å²) < 4.78 is 0. The van der Waals surface area contributed by atoms with Crippen LogP contribution >= 0.6 is 0 Å². The van der Waals surface area contributed by atoms with E-state index in [0.29, 0.717) is 25.4 Å². The van der Waals surface area contributed by atoms with Gasteiger partial charge in [-0.15, -0.1) is 0 Å². The third kappa shape index (κ3) is 4.44. The van der Waals surface area contributed by atoms with E-state index in [-0.39, 0.29) is 17.7 Å². The summed E-state index contributed by atoms with van der Waals surface area (Å²) in [6, 6.07) is 8.91. The second-order valence-corrected chi connectivity index (χ2v) is 7.70. The highest BCUT2D eigenvalue weighted by Crippen LogP contribution is 2.29. The van der Waals surface area contributed by atoms with Crippen LogP contribution in [0.3, 0.4) is 0 Å². The van der Waals surface area contributed by atoms with E-state index in [9.17, 15) is 14.7 Å². The number of carbonyl (C=O) groups is 2. The summed E-state index contributed by atoms with van der Waals surface area (Å²) in [6.07, 6.45) is 4.87. The van der Waals surface area contributed by atoms with Crippen molar-refractivity contribution in [3.05, 3.63) is 35.4 Å². The minimum Gasteiger partial charge on any atom is -0.481 e. The largest absolute Gasteiger partial charge is 0.481 e. The number of rotatable bonds is 6. The van der Waals surface area contributed by atoms with Gasteiger partial charge in [0.05, 0.1) is 5.92 Å². The minimum absolute atomic E-state index is 0.0341. The maximum absolute atomic E-state index is 12.5. The zero-order valence-corrected chi connectivity index (χ0v) is 15.6. The molecule has 0 saturated heterocycles. The molecule has 1 heterocycles. The Labute approximate surface area is 155 Å². The van der Waals surface area contributed by atoms with Crippen molar-refractivity contribution in [3.8, 4) is 0 Å². The molecule has 5 nitrogen and oxygen atoms in total. The molecular weight excluding hydrogens is 328 g/mol. The van der Waals surface area contributed by atoms with E-state index in [4.69, 9.17) is 0 Å². The molecule has 0 aromatic heterocycles. The van der Waals surface area contributed by atoms with Crippen LogP contribution in [-0.2, 0) is 22.6 Å². The third-order valence-electron chi connectivity index (χ3n) is 6.05. The first-order valence-electron chi connectivity index (χ1n) is 9.89. The van der Waals surface area contributed by atoms with Crippen LogP contribution in [0.15, 0.2) is 24.3 Å². The Bertz CT molecular complexity index is 646. The van der Waals surface area contributed by atoms with E-state index in [1.54, 1.807) is 0 Å². The maximum atomic E-state index is 12.5. The molecule has 0 bridgehead atoms. The van der Waals surface area contributed by atoms with Crippen LogP contribution in [-0.4, -0.2) is 41.0 Å². The van der Waals surface area contributed by atoms with Gasteiger partial charge in [-0.1, -0.05) is 37.6 Å². The second-order valence-electron chi connectivity index (χ2n) is 7.70. The summed E-state index contributed by atoms with van der Waals surface area (Å²) in [5.41, 5.74) is 2.82. The summed E-state index contributed by atoms with van der Waals surface area (Å²) in [5, 5.41) is 12.3. The first kappa shape index (κ1) is 18.9. The summed E-state index contributed by atoms with van der Waals surface area (Å²) >= 11 is 0. The van der Waals surface area contributed by atoms with Crippen LogP contribution in [0.5, 0.6) is 0 Å². The Hall–Kier alpha value is -1.88. The van der Waals surface area contributed by atoms with Gasteiger partial charge in [-0.2, -0.15) is 0 Å². The molecule has 0 spiro atoms. The van der Waals surface area contributed by atoms with E-state index in [2.05, 4.69) is 41.4 Å². The standard InChI is InChI=1S/C21H30N2O3/c1-2-19(23-11-10-15-6-3-4-7-18(15)14-23)13-22-20(24)16-8-5-9-17(12-16)21(25)26/h3-4,6-7,16-17,19H,2,5,8-14H2,1H3,(H,22,24)(H,25,26). The molecule has 2 N–H and O–H groups in total. The van der Waals surface area contributed by atoms with Gasteiger partial charge in [0.2, 0.25) is 5.91 Å². The lowest BCUT2D eigenvalue weighted by Crippen LogP contribution is -2.47. The second kappa shape index (κ2) is 8.67. The molecule has 1 saturated carbocycles. The van der Waals surface area contributed by atoms with Gasteiger partial charge in [0.25, 0.3) is 0 Å². The molecule has 2 aliphatic rings. The number of nitrogens with one attached hydrogen (secondary N) is 1. The summed E-state index contributed by atoms with van der Waals surface area (Å²) in [7, 11) is 0. The molecule has 1 aromatic carbocycles. The Balaban J connectivity index is 1.52. The van der Waals surface area contributed by atoms with E-state index >= 15 is 0 Å². The summed E-state index contributed by atoms with van der Waals surface area (Å²) in [6.45, 7) is 4.77. The van der Waals surface area contributed by atoms with Gasteiger partial charge in [-0.3, -0.25) is 14.5 Å². The number of hydrogen-bond donors (Lipinski definition) is 2. The zero-order valence-electron chi connectivity index (χ0n) is 15.6. The highest BCUT2D eigenvalue weighted by molar-refractivity contribution is 5.80. The van der Waals surface area contributed by atoms with E-state index in [1.165, 1.54) is 11.1 Å². The average Bonchev–Trinajstić information content (AvgIpc) is 2.68. The molecule has 3 rings (SSSR count). The zero-order chi connectivity index (χ0) is 18.5. The lowest BCUT2D eigenvalue weighted by Gasteiger charge is -2.35. The quantitative estimate of drug-likeness (QED) is 0.820. The number of hydrogen-bond acceptors (Lipinski definition) is 3. The third-order valence-corrected chi connectivity index (χ3v) is 6.05. The van der Waals surface area contributed by atoms with Crippen molar-refractivity contribution in [2.24, 2.45) is 11.8 Å². The maximum Gasteiger partial charge on any atom is 0.306 e. The highest BCUT2D eigenvalue weighted by atomic mass is 16.4. The van der Waals surface area contributed by atoms with Gasteiger partial charge >= 0.3 is 5.97 Å². The highest BCUT2D eigenvalue weighted by Gasteiger charge is 2.31. The lowest BCUT2D eigenvalue weighted by atomic mass is 9.81. The van der Waals surface area contributed by atoms with Gasteiger partial charge in [0.15, 0.2) is 0 Å². The number of aliphatic carboxylic acids is 1. The van der Waals surface area contributed by atoms with Crippen LogP contribution in [0, 0.1) is 11.8 Å². The number of nitrogens with zero attached hydrogens (tertiary/aromatic N) is 1. The molecule has 3 unspecified atom stereocenters. The molecule has 26 heavy (non-hydrogen) atoms. The fourth-order valence-corrected chi connectivity index (χ4v) is 4.38. The molecular formula is C21H30N2O3. The van der Waals surface area contributed by atoms with Crippen molar-refractivity contribution >= 4 is 11.9 Å². The fraction of sp³-hybridized carbons (Fsp3) is 0.619. The Morgan fingerprint density at radius 2 is 1.96 bits per heavy atom. The van der Waals surface area contributed by atoms with Crippen molar-refractivity contribution < 1.29 is 14.7 Å². The number of carbonyl (C=O) groups excluding carboxylic acids is 1. The van der Waals surface area contributed by atoms with Crippen molar-refractivity contribution in [1.29, 1.82) is 0 Å². The Kier molecular flexibility index (Phi) is 6.30. The first-order chi connectivity index (χ1) is 12.6. The van der Waals surface area contributed by atoms with Gasteiger partial charge < -0.3 is 10.4 Å². The van der Waals surface area contributed by atoms with Gasteiger partial charge in [-0.05, 0) is 43.2 Å². The summed E-state index contributed by atoms with van der Waals surface area (Å²) in [4.78, 5) is 26.2. The number of amides is 1. The van der Waals surface area contributed by atoms with E-state index < -0.39 is 5.97 Å². The summed E-state index contributed by atoms with van der Waals surface area (Å²) in [5.74, 6) is -1.24. The molecule has 1 fully saturated rings. The topological polar surface area (TPSA) is 69.6 Å². The Morgan fingerprint density at radius 1 is 1.23 bits per heavy atom. The predicted molar refractivity (Wildman–Crippen MR) is 101 cm³/mol. The molecule has 1 aromatic rings. The minimum atomic E-state index is -0.763. The van der Waals surface area contributed by atoms with Crippen molar-refractivity contribution in [1.82, 2.24) is 10.2 Å². The number of carboxylic acid groups (broad SMARTS) is 1. The van der Waals surface area contributed by atoms with Crippen molar-refractivity contribution in [2.75, 3.05) is 13.1 Å². The Morgan fingerprint density at radius 3 is 2.69 bits per heavy atom. The predicted octanol–water partition coefficient (Wildman–Crippen LogP) is 2.83. The van der Waals surface area contributed by atoms with Crippen LogP contribution in [0.4, 0.5) is 0 Å². The van der Waals surface area contributed by atoms with Gasteiger partial charge in [0.1, 0.15) is 0 Å². The molecule has 3 atom stereocenters. The van der Waals surface area contributed by atoms with Crippen LogP contribution < -0.4 is 5.32 Å². The first-order valence-corrected chi connectivity index (χ1v) is 9.89. The SMILES string of the molecule is CCC(CNC(=O)C1CCCC(C(=O)O)C1)N1CCc2ccccc2C1. The smallest absolute Gasteiger partial charge is 0.306 e. The monoisotopic (exact) mass is 358 g/mol. The van der Waals surface area contributed by atoms with Gasteiger partial charge in [0, 0.05) is 31.6 Å². The van der Waals surface area contributed by atoms with E-state index in [1.807, 2.05) is 0 Å². The van der Waals surface area contributed by atoms with Crippen LogP contribution in [0.25, 0.3) is 0 Å². The molecule has 5 heteroatoms. The lowest BCUT2D eigenvalue weighted by molar-refractivity contribution is -0.144. The molecule has 0 radical (unpaired) electrons. The van der Waals surface area contributed by atoms with Crippen molar-refractivity contribution in [2.45, 2.75) is 58.0 Å². The average molecular weight is 358 g/mol. The normalized spacial score (nSPS) is 24.5. The van der Waals surface area contributed by atoms with Gasteiger partial charge in [-0.25, -0.2) is 0 Å². The molecule has 1 aliphatic heterocycles. The van der Waals surface area contributed by atoms with Crippen LogP contribution in [0.2, 0.25) is 0 Å².